The molecule has 2 atom stereocenters. The second-order valence-electron chi connectivity index (χ2n) is 4.04. The number of rotatable bonds is 2. The summed E-state index contributed by atoms with van der Waals surface area (Å²) in [6.45, 7) is 5.10. The van der Waals surface area contributed by atoms with Gasteiger partial charge in [0.05, 0.1) is 11.6 Å². The third-order valence-electron chi connectivity index (χ3n) is 2.81. The molecule has 1 aliphatic rings. The van der Waals surface area contributed by atoms with E-state index in [2.05, 4.69) is 16.8 Å². The smallest absolute Gasteiger partial charge is 0.0794 e. The molecular formula is C10H16N2OS. The van der Waals surface area contributed by atoms with Crippen LogP contribution < -0.4 is 0 Å². The van der Waals surface area contributed by atoms with Crippen LogP contribution in [0.4, 0.5) is 0 Å². The zero-order valence-electron chi connectivity index (χ0n) is 8.39. The summed E-state index contributed by atoms with van der Waals surface area (Å²) in [5, 5.41) is 9.59. The Hall–Kier alpha value is -0.450. The fourth-order valence-electron chi connectivity index (χ4n) is 1.90. The summed E-state index contributed by atoms with van der Waals surface area (Å²) in [6, 6.07) is 0. The van der Waals surface area contributed by atoms with E-state index in [-0.39, 0.29) is 6.10 Å². The average Bonchev–Trinajstić information content (AvgIpc) is 2.64. The summed E-state index contributed by atoms with van der Waals surface area (Å²) in [4.78, 5) is 7.77. The predicted octanol–water partition coefficient (Wildman–Crippen LogP) is 1.35. The summed E-state index contributed by atoms with van der Waals surface area (Å²) < 4.78 is 0. The molecule has 1 N–H and O–H groups in total. The highest BCUT2D eigenvalue weighted by atomic mass is 32.1. The lowest BCUT2D eigenvalue weighted by molar-refractivity contribution is 0.0324. The SMILES string of the molecule is CC1CN(Cc2cncs2)CCC1O. The van der Waals surface area contributed by atoms with Gasteiger partial charge in [-0.15, -0.1) is 11.3 Å². The third kappa shape index (κ3) is 2.32. The number of likely N-dealkylation sites (tertiary alicyclic amines) is 1. The molecule has 2 heterocycles. The van der Waals surface area contributed by atoms with Crippen molar-refractivity contribution in [2.45, 2.75) is 26.0 Å². The largest absolute Gasteiger partial charge is 0.393 e. The molecule has 0 radical (unpaired) electrons. The molecule has 3 nitrogen and oxygen atoms in total. The van der Waals surface area contributed by atoms with Crippen LogP contribution in [0.25, 0.3) is 0 Å². The van der Waals surface area contributed by atoms with Crippen LogP contribution in [0.2, 0.25) is 0 Å². The number of nitrogens with zero attached hydrogens (tertiary/aromatic N) is 2. The number of hydrogen-bond donors (Lipinski definition) is 1. The summed E-state index contributed by atoms with van der Waals surface area (Å²) in [6.07, 6.45) is 2.73. The molecule has 0 spiro atoms. The van der Waals surface area contributed by atoms with Gasteiger partial charge in [-0.3, -0.25) is 9.88 Å². The predicted molar refractivity (Wildman–Crippen MR) is 57.2 cm³/mol. The maximum atomic E-state index is 9.59. The first-order valence-electron chi connectivity index (χ1n) is 5.03. The minimum Gasteiger partial charge on any atom is -0.393 e. The molecule has 78 valence electrons. The van der Waals surface area contributed by atoms with E-state index in [1.54, 1.807) is 11.3 Å². The lowest BCUT2D eigenvalue weighted by Crippen LogP contribution is -2.41. The quantitative estimate of drug-likeness (QED) is 0.804. The van der Waals surface area contributed by atoms with Crippen LogP contribution >= 0.6 is 11.3 Å². The van der Waals surface area contributed by atoms with E-state index >= 15 is 0 Å². The van der Waals surface area contributed by atoms with Crippen molar-refractivity contribution in [1.82, 2.24) is 9.88 Å². The fraction of sp³-hybridized carbons (Fsp3) is 0.700. The van der Waals surface area contributed by atoms with Gasteiger partial charge in [0, 0.05) is 30.7 Å². The molecule has 14 heavy (non-hydrogen) atoms. The van der Waals surface area contributed by atoms with Crippen LogP contribution in [0, 0.1) is 5.92 Å². The molecule has 1 aliphatic heterocycles. The van der Waals surface area contributed by atoms with Crippen LogP contribution in [0.5, 0.6) is 0 Å². The highest BCUT2D eigenvalue weighted by Crippen LogP contribution is 2.19. The third-order valence-corrected chi connectivity index (χ3v) is 3.57. The van der Waals surface area contributed by atoms with Crippen molar-refractivity contribution in [3.8, 4) is 0 Å². The second kappa shape index (κ2) is 4.38. The van der Waals surface area contributed by atoms with Crippen molar-refractivity contribution in [2.24, 2.45) is 5.92 Å². The molecule has 1 fully saturated rings. The maximum absolute atomic E-state index is 9.59. The Kier molecular flexibility index (Phi) is 3.15. The molecule has 4 heteroatoms. The van der Waals surface area contributed by atoms with Gasteiger partial charge < -0.3 is 5.11 Å². The number of aliphatic hydroxyl groups is 1. The summed E-state index contributed by atoms with van der Waals surface area (Å²) in [5.74, 6) is 0.400. The molecule has 1 aromatic heterocycles. The van der Waals surface area contributed by atoms with Crippen molar-refractivity contribution in [3.05, 3.63) is 16.6 Å². The molecule has 0 aliphatic carbocycles. The van der Waals surface area contributed by atoms with Gasteiger partial charge in [0.2, 0.25) is 0 Å². The minimum absolute atomic E-state index is 0.104. The topological polar surface area (TPSA) is 36.4 Å². The Bertz CT molecular complexity index is 276. The monoisotopic (exact) mass is 212 g/mol. The van der Waals surface area contributed by atoms with Crippen LogP contribution in [-0.2, 0) is 6.54 Å². The Labute approximate surface area is 88.4 Å². The van der Waals surface area contributed by atoms with Gasteiger partial charge in [0.1, 0.15) is 0 Å². The molecule has 2 rings (SSSR count). The van der Waals surface area contributed by atoms with Crippen molar-refractivity contribution in [3.63, 3.8) is 0 Å². The van der Waals surface area contributed by atoms with Crippen molar-refractivity contribution in [1.29, 1.82) is 0 Å². The van der Waals surface area contributed by atoms with E-state index in [0.717, 1.165) is 26.1 Å². The Morgan fingerprint density at radius 1 is 1.71 bits per heavy atom. The normalized spacial score (nSPS) is 29.3. The van der Waals surface area contributed by atoms with Gasteiger partial charge in [-0.05, 0) is 12.3 Å². The number of hydrogen-bond acceptors (Lipinski definition) is 4. The highest BCUT2D eigenvalue weighted by molar-refractivity contribution is 7.09. The second-order valence-corrected chi connectivity index (χ2v) is 5.01. The van der Waals surface area contributed by atoms with Gasteiger partial charge in [-0.2, -0.15) is 0 Å². The van der Waals surface area contributed by atoms with E-state index in [1.807, 2.05) is 11.7 Å². The molecule has 1 saturated heterocycles. The van der Waals surface area contributed by atoms with Gasteiger partial charge in [0.15, 0.2) is 0 Å². The Morgan fingerprint density at radius 2 is 2.57 bits per heavy atom. The van der Waals surface area contributed by atoms with Crippen molar-refractivity contribution in [2.75, 3.05) is 13.1 Å². The zero-order chi connectivity index (χ0) is 9.97. The maximum Gasteiger partial charge on any atom is 0.0794 e. The Balaban J connectivity index is 1.88. The van der Waals surface area contributed by atoms with Crippen LogP contribution in [-0.4, -0.2) is 34.2 Å². The van der Waals surface area contributed by atoms with Crippen molar-refractivity contribution >= 4 is 11.3 Å². The summed E-state index contributed by atoms with van der Waals surface area (Å²) in [7, 11) is 0. The first-order chi connectivity index (χ1) is 6.75. The molecule has 0 saturated carbocycles. The van der Waals surface area contributed by atoms with E-state index in [1.165, 1.54) is 4.88 Å². The highest BCUT2D eigenvalue weighted by Gasteiger charge is 2.24. The lowest BCUT2D eigenvalue weighted by Gasteiger charge is -2.33. The van der Waals surface area contributed by atoms with Gasteiger partial charge in [-0.25, -0.2) is 0 Å². The molecular weight excluding hydrogens is 196 g/mol. The van der Waals surface area contributed by atoms with Gasteiger partial charge >= 0.3 is 0 Å². The number of piperidine rings is 1. The molecule has 0 amide bonds. The van der Waals surface area contributed by atoms with Crippen molar-refractivity contribution < 1.29 is 5.11 Å². The number of thiazole rings is 1. The summed E-state index contributed by atoms with van der Waals surface area (Å²) >= 11 is 1.70. The number of aromatic nitrogens is 1. The molecule has 1 aromatic rings. The Morgan fingerprint density at radius 3 is 3.21 bits per heavy atom. The van der Waals surface area contributed by atoms with Crippen LogP contribution in [0.1, 0.15) is 18.2 Å². The molecule has 0 bridgehead atoms. The van der Waals surface area contributed by atoms with E-state index in [9.17, 15) is 5.11 Å². The lowest BCUT2D eigenvalue weighted by atomic mass is 9.97. The van der Waals surface area contributed by atoms with E-state index < -0.39 is 0 Å². The zero-order valence-corrected chi connectivity index (χ0v) is 9.20. The molecule has 2 unspecified atom stereocenters. The van der Waals surface area contributed by atoms with Crippen LogP contribution in [0.15, 0.2) is 11.7 Å². The first-order valence-corrected chi connectivity index (χ1v) is 5.91. The fourth-order valence-corrected chi connectivity index (χ4v) is 2.54. The van der Waals surface area contributed by atoms with Gasteiger partial charge in [0.25, 0.3) is 0 Å². The first kappa shape index (κ1) is 10.1. The van der Waals surface area contributed by atoms with E-state index in [4.69, 9.17) is 0 Å². The standard InChI is InChI=1S/C10H16N2OS/c1-8-5-12(3-2-10(8)13)6-9-4-11-7-14-9/h4,7-8,10,13H,2-3,5-6H2,1H3. The average molecular weight is 212 g/mol. The minimum atomic E-state index is -0.104. The van der Waals surface area contributed by atoms with Gasteiger partial charge in [-0.1, -0.05) is 6.92 Å². The molecule has 0 aromatic carbocycles. The summed E-state index contributed by atoms with van der Waals surface area (Å²) in [5.41, 5.74) is 1.87. The van der Waals surface area contributed by atoms with Crippen LogP contribution in [0.3, 0.4) is 0 Å². The number of aliphatic hydroxyl groups excluding tert-OH is 1. The van der Waals surface area contributed by atoms with E-state index in [0.29, 0.717) is 5.92 Å².